The molecule has 0 bridgehead atoms. The van der Waals surface area contributed by atoms with Gasteiger partial charge in [0.1, 0.15) is 0 Å². The Hall–Kier alpha value is 0.0169. The summed E-state index contributed by atoms with van der Waals surface area (Å²) in [7, 11) is -1.45. The van der Waals surface area contributed by atoms with Crippen LogP contribution in [0.3, 0.4) is 0 Å². The Bertz CT molecular complexity index is 292. The lowest BCUT2D eigenvalue weighted by molar-refractivity contribution is 1.07. The van der Waals surface area contributed by atoms with Gasteiger partial charge in [-0.1, -0.05) is 37.4 Å². The predicted octanol–water partition coefficient (Wildman–Crippen LogP) is 4.41. The molecule has 1 rings (SSSR count). The molecule has 1 aromatic rings. The molecule has 0 saturated carbocycles. The zero-order valence-electron chi connectivity index (χ0n) is 8.69. The van der Waals surface area contributed by atoms with E-state index in [1.54, 1.807) is 0 Å². The van der Waals surface area contributed by atoms with E-state index in [1.165, 1.54) is 11.1 Å². The van der Waals surface area contributed by atoms with E-state index >= 15 is 0 Å². The van der Waals surface area contributed by atoms with Crippen molar-refractivity contribution in [2.75, 3.05) is 0 Å². The molecule has 0 spiro atoms. The maximum atomic E-state index is 6.28. The van der Waals surface area contributed by atoms with Crippen LogP contribution in [-0.2, 0) is 12.3 Å². The molecule has 0 unspecified atom stereocenters. The zero-order chi connectivity index (χ0) is 10.6. The molecular weight excluding hydrogens is 231 g/mol. The molecular formula is C11H16Cl2Si. The minimum atomic E-state index is -1.45. The van der Waals surface area contributed by atoms with Crippen molar-refractivity contribution in [2.24, 2.45) is 0 Å². The van der Waals surface area contributed by atoms with Crippen molar-refractivity contribution in [2.45, 2.75) is 31.4 Å². The summed E-state index contributed by atoms with van der Waals surface area (Å²) < 4.78 is 0. The summed E-state index contributed by atoms with van der Waals surface area (Å²) in [5.41, 5.74) is 2.59. The van der Waals surface area contributed by atoms with Gasteiger partial charge in [0, 0.05) is 5.88 Å². The summed E-state index contributed by atoms with van der Waals surface area (Å²) >= 11 is 12.1. The number of aryl methyl sites for hydroxylation is 1. The molecule has 0 atom stereocenters. The van der Waals surface area contributed by atoms with Gasteiger partial charge in [-0.15, -0.1) is 11.6 Å². The van der Waals surface area contributed by atoms with Crippen LogP contribution in [-0.4, -0.2) is 7.38 Å². The molecule has 14 heavy (non-hydrogen) atoms. The molecule has 0 fully saturated rings. The molecule has 0 aliphatic heterocycles. The van der Waals surface area contributed by atoms with Gasteiger partial charge < -0.3 is 0 Å². The molecule has 78 valence electrons. The molecule has 1 aromatic carbocycles. The molecule has 0 nitrogen and oxygen atoms in total. The Balaban J connectivity index is 2.67. The number of hydrogen-bond donors (Lipinski definition) is 0. The van der Waals surface area contributed by atoms with Crippen LogP contribution in [0, 0.1) is 0 Å². The second-order valence-electron chi connectivity index (χ2n) is 4.12. The van der Waals surface area contributed by atoms with Crippen LogP contribution in [0.1, 0.15) is 11.1 Å². The van der Waals surface area contributed by atoms with E-state index < -0.39 is 7.38 Å². The van der Waals surface area contributed by atoms with E-state index in [1.807, 2.05) is 6.07 Å². The lowest BCUT2D eigenvalue weighted by Gasteiger charge is -2.13. The minimum Gasteiger partial charge on any atom is -0.168 e. The molecule has 0 saturated heterocycles. The third-order valence-corrected chi connectivity index (χ3v) is 4.55. The normalized spacial score (nSPS) is 11.7. The second kappa shape index (κ2) is 5.20. The molecule has 3 heteroatoms. The summed E-state index contributed by atoms with van der Waals surface area (Å²) in [5.74, 6) is 0.598. The van der Waals surface area contributed by atoms with Gasteiger partial charge in [-0.3, -0.25) is 0 Å². The number of hydrogen-bond acceptors (Lipinski definition) is 0. The fourth-order valence-electron chi connectivity index (χ4n) is 1.36. The fraction of sp³-hybridized carbons (Fsp3) is 0.455. The Kier molecular flexibility index (Phi) is 4.49. The molecule has 0 radical (unpaired) electrons. The van der Waals surface area contributed by atoms with E-state index in [4.69, 9.17) is 22.7 Å². The number of halogens is 2. The van der Waals surface area contributed by atoms with Crippen molar-refractivity contribution >= 4 is 30.1 Å². The zero-order valence-corrected chi connectivity index (χ0v) is 11.2. The quantitative estimate of drug-likeness (QED) is 0.420. The van der Waals surface area contributed by atoms with Gasteiger partial charge in [0.25, 0.3) is 0 Å². The van der Waals surface area contributed by atoms with Gasteiger partial charge in [-0.2, -0.15) is 11.1 Å². The van der Waals surface area contributed by atoms with E-state index in [0.717, 1.165) is 12.5 Å². The van der Waals surface area contributed by atoms with Crippen LogP contribution in [0.15, 0.2) is 24.3 Å². The van der Waals surface area contributed by atoms with Crippen LogP contribution in [0.2, 0.25) is 19.1 Å². The van der Waals surface area contributed by atoms with Gasteiger partial charge in [0.05, 0.1) is 0 Å². The number of benzene rings is 1. The van der Waals surface area contributed by atoms with Crippen molar-refractivity contribution in [3.05, 3.63) is 35.4 Å². The molecule has 0 aliphatic carbocycles. The predicted molar refractivity (Wildman–Crippen MR) is 67.8 cm³/mol. The Morgan fingerprint density at radius 1 is 1.14 bits per heavy atom. The van der Waals surface area contributed by atoms with E-state index in [-0.39, 0.29) is 0 Å². The smallest absolute Gasteiger partial charge is 0.150 e. The summed E-state index contributed by atoms with van der Waals surface area (Å²) in [6, 6.07) is 9.45. The molecule has 0 aromatic heterocycles. The van der Waals surface area contributed by atoms with Crippen LogP contribution in [0.25, 0.3) is 0 Å². The molecule has 0 amide bonds. The van der Waals surface area contributed by atoms with Crippen LogP contribution in [0.5, 0.6) is 0 Å². The van der Waals surface area contributed by atoms with Crippen LogP contribution in [0.4, 0.5) is 0 Å². The Morgan fingerprint density at radius 2 is 1.71 bits per heavy atom. The largest absolute Gasteiger partial charge is 0.168 e. The maximum Gasteiger partial charge on any atom is 0.150 e. The van der Waals surface area contributed by atoms with Crippen LogP contribution >= 0.6 is 22.7 Å². The number of rotatable bonds is 4. The van der Waals surface area contributed by atoms with Crippen molar-refractivity contribution < 1.29 is 0 Å². The summed E-state index contributed by atoms with van der Waals surface area (Å²) in [6.45, 7) is 4.36. The summed E-state index contributed by atoms with van der Waals surface area (Å²) in [5, 5.41) is 0. The second-order valence-corrected chi connectivity index (χ2v) is 11.4. The topological polar surface area (TPSA) is 0 Å². The highest BCUT2D eigenvalue weighted by Gasteiger charge is 2.16. The molecule has 0 N–H and O–H groups in total. The first kappa shape index (κ1) is 12.1. The fourth-order valence-corrected chi connectivity index (χ4v) is 2.77. The summed E-state index contributed by atoms with van der Waals surface area (Å²) in [6.07, 6.45) is 1.06. The average molecular weight is 247 g/mol. The van der Waals surface area contributed by atoms with Gasteiger partial charge in [-0.05, 0) is 23.6 Å². The average Bonchev–Trinajstić information content (AvgIpc) is 2.14. The van der Waals surface area contributed by atoms with Crippen molar-refractivity contribution in [1.29, 1.82) is 0 Å². The first-order valence-electron chi connectivity index (χ1n) is 4.84. The van der Waals surface area contributed by atoms with Crippen LogP contribution < -0.4 is 0 Å². The van der Waals surface area contributed by atoms with Gasteiger partial charge in [0.2, 0.25) is 0 Å². The molecule has 0 heterocycles. The SMILES string of the molecule is C[Si](C)(Cl)CCc1ccccc1CCl. The Morgan fingerprint density at radius 3 is 2.21 bits per heavy atom. The highest BCUT2D eigenvalue weighted by Crippen LogP contribution is 2.20. The number of alkyl halides is 1. The Labute approximate surface area is 96.9 Å². The van der Waals surface area contributed by atoms with Gasteiger partial charge >= 0.3 is 0 Å². The van der Waals surface area contributed by atoms with Gasteiger partial charge in [0.15, 0.2) is 7.38 Å². The standard InChI is InChI=1S/C11H16Cl2Si/c1-14(2,13)8-7-10-5-3-4-6-11(10)9-12/h3-6H,7-9H2,1-2H3. The lowest BCUT2D eigenvalue weighted by Crippen LogP contribution is -2.16. The van der Waals surface area contributed by atoms with Crippen molar-refractivity contribution in [1.82, 2.24) is 0 Å². The first-order valence-corrected chi connectivity index (χ1v) is 9.60. The van der Waals surface area contributed by atoms with Crippen molar-refractivity contribution in [3.63, 3.8) is 0 Å². The minimum absolute atomic E-state index is 0.598. The van der Waals surface area contributed by atoms with E-state index in [9.17, 15) is 0 Å². The highest BCUT2D eigenvalue weighted by atomic mass is 35.6. The summed E-state index contributed by atoms with van der Waals surface area (Å²) in [4.78, 5) is 0. The highest BCUT2D eigenvalue weighted by molar-refractivity contribution is 7.19. The maximum absolute atomic E-state index is 6.28. The lowest BCUT2D eigenvalue weighted by atomic mass is 10.1. The third kappa shape index (κ3) is 4.03. The van der Waals surface area contributed by atoms with E-state index in [2.05, 4.69) is 31.3 Å². The van der Waals surface area contributed by atoms with Gasteiger partial charge in [-0.25, -0.2) is 0 Å². The van der Waals surface area contributed by atoms with E-state index in [0.29, 0.717) is 5.88 Å². The monoisotopic (exact) mass is 246 g/mol. The van der Waals surface area contributed by atoms with Crippen molar-refractivity contribution in [3.8, 4) is 0 Å². The third-order valence-electron chi connectivity index (χ3n) is 2.25. The molecule has 0 aliphatic rings. The first-order chi connectivity index (χ1) is 6.53.